The highest BCUT2D eigenvalue weighted by Gasteiger charge is 2.20. The van der Waals surface area contributed by atoms with Gasteiger partial charge in [-0.2, -0.15) is 0 Å². The number of hydrogen-bond donors (Lipinski definition) is 1. The van der Waals surface area contributed by atoms with E-state index in [1.54, 1.807) is 0 Å². The number of carbonyl (C=O) groups excluding carboxylic acids is 1. The van der Waals surface area contributed by atoms with Crippen LogP contribution in [0.15, 0.2) is 0 Å². The molecule has 1 atom stereocenters. The Kier molecular flexibility index (Phi) is 6.42. The van der Waals surface area contributed by atoms with Crippen LogP contribution >= 0.6 is 0 Å². The maximum Gasteiger partial charge on any atom is 0.224 e. The molecule has 1 amide bonds. The molecule has 0 saturated carbocycles. The summed E-state index contributed by atoms with van der Waals surface area (Å²) in [5.41, 5.74) is 0. The minimum absolute atomic E-state index is 0.251. The maximum atomic E-state index is 12.0. The smallest absolute Gasteiger partial charge is 0.224 e. The van der Waals surface area contributed by atoms with Crippen molar-refractivity contribution in [2.24, 2.45) is 0 Å². The van der Waals surface area contributed by atoms with Crippen molar-refractivity contribution in [2.75, 3.05) is 32.8 Å². The van der Waals surface area contributed by atoms with E-state index in [0.29, 0.717) is 19.1 Å². The third-order valence-corrected chi connectivity index (χ3v) is 3.03. The molecule has 16 heavy (non-hydrogen) atoms. The molecule has 1 heterocycles. The summed E-state index contributed by atoms with van der Waals surface area (Å²) >= 11 is 0. The van der Waals surface area contributed by atoms with Gasteiger partial charge in [-0.3, -0.25) is 4.79 Å². The Hall–Kier alpha value is -0.610. The normalized spacial score (nSPS) is 20.0. The largest absolute Gasteiger partial charge is 0.380 e. The zero-order valence-electron chi connectivity index (χ0n) is 10.5. The third kappa shape index (κ3) is 4.49. The van der Waals surface area contributed by atoms with Crippen molar-refractivity contribution in [1.82, 2.24) is 10.2 Å². The summed E-state index contributed by atoms with van der Waals surface area (Å²) in [5, 5.41) is 3.35. The zero-order valence-corrected chi connectivity index (χ0v) is 10.5. The first-order valence-electron chi connectivity index (χ1n) is 6.36. The van der Waals surface area contributed by atoms with Gasteiger partial charge in [-0.15, -0.1) is 0 Å². The fraction of sp³-hybridized carbons (Fsp3) is 0.917. The SMILES string of the molecule is CCOCCN(CC)C(=O)CC1CCCN1. The van der Waals surface area contributed by atoms with Crippen LogP contribution in [0.3, 0.4) is 0 Å². The van der Waals surface area contributed by atoms with E-state index < -0.39 is 0 Å². The standard InChI is InChI=1S/C12H24N2O2/c1-3-14(8-9-16-4-2)12(15)10-11-6-5-7-13-11/h11,13H,3-10H2,1-2H3. The summed E-state index contributed by atoms with van der Waals surface area (Å²) < 4.78 is 5.28. The summed E-state index contributed by atoms with van der Waals surface area (Å²) in [6.45, 7) is 7.91. The molecule has 1 N–H and O–H groups in total. The molecule has 0 aromatic rings. The number of rotatable bonds is 7. The van der Waals surface area contributed by atoms with Crippen molar-refractivity contribution in [3.8, 4) is 0 Å². The second-order valence-electron chi connectivity index (χ2n) is 4.17. The summed E-state index contributed by atoms with van der Waals surface area (Å²) in [5.74, 6) is 0.251. The summed E-state index contributed by atoms with van der Waals surface area (Å²) in [7, 11) is 0. The van der Waals surface area contributed by atoms with Crippen LogP contribution in [0, 0.1) is 0 Å². The average molecular weight is 228 g/mol. The Labute approximate surface area is 98.3 Å². The lowest BCUT2D eigenvalue weighted by Crippen LogP contribution is -2.37. The van der Waals surface area contributed by atoms with E-state index in [4.69, 9.17) is 4.74 Å². The lowest BCUT2D eigenvalue weighted by molar-refractivity contribution is -0.132. The minimum Gasteiger partial charge on any atom is -0.380 e. The minimum atomic E-state index is 0.251. The molecule has 0 aromatic carbocycles. The van der Waals surface area contributed by atoms with E-state index >= 15 is 0 Å². The van der Waals surface area contributed by atoms with Gasteiger partial charge in [0.15, 0.2) is 0 Å². The molecule has 1 rings (SSSR count). The second kappa shape index (κ2) is 7.63. The highest BCUT2D eigenvalue weighted by Crippen LogP contribution is 2.10. The van der Waals surface area contributed by atoms with E-state index in [-0.39, 0.29) is 5.91 Å². The van der Waals surface area contributed by atoms with E-state index in [2.05, 4.69) is 5.32 Å². The Morgan fingerprint density at radius 1 is 1.50 bits per heavy atom. The number of likely N-dealkylation sites (N-methyl/N-ethyl adjacent to an activating group) is 1. The van der Waals surface area contributed by atoms with Crippen LogP contribution in [0.25, 0.3) is 0 Å². The first-order chi connectivity index (χ1) is 7.77. The number of carbonyl (C=O) groups is 1. The van der Waals surface area contributed by atoms with Crippen LogP contribution in [-0.4, -0.2) is 49.7 Å². The number of nitrogens with zero attached hydrogens (tertiary/aromatic N) is 1. The molecule has 0 bridgehead atoms. The number of nitrogens with one attached hydrogen (secondary N) is 1. The Morgan fingerprint density at radius 3 is 2.88 bits per heavy atom. The van der Waals surface area contributed by atoms with Gasteiger partial charge in [-0.1, -0.05) is 0 Å². The van der Waals surface area contributed by atoms with Crippen molar-refractivity contribution in [2.45, 2.75) is 39.2 Å². The predicted octanol–water partition coefficient (Wildman–Crippen LogP) is 1.01. The molecule has 1 saturated heterocycles. The van der Waals surface area contributed by atoms with E-state index in [1.165, 1.54) is 6.42 Å². The molecule has 4 heteroatoms. The van der Waals surface area contributed by atoms with E-state index in [1.807, 2.05) is 18.7 Å². The van der Waals surface area contributed by atoms with Gasteiger partial charge in [-0.05, 0) is 33.2 Å². The van der Waals surface area contributed by atoms with Gasteiger partial charge < -0.3 is 15.0 Å². The number of ether oxygens (including phenoxy) is 1. The van der Waals surface area contributed by atoms with Crippen LogP contribution in [-0.2, 0) is 9.53 Å². The first kappa shape index (κ1) is 13.5. The zero-order chi connectivity index (χ0) is 11.8. The summed E-state index contributed by atoms with van der Waals surface area (Å²) in [6, 6.07) is 0.397. The van der Waals surface area contributed by atoms with Gasteiger partial charge in [-0.25, -0.2) is 0 Å². The summed E-state index contributed by atoms with van der Waals surface area (Å²) in [4.78, 5) is 13.8. The Bertz CT molecular complexity index is 203. The molecule has 0 aromatic heterocycles. The molecule has 0 spiro atoms. The molecule has 0 aliphatic carbocycles. The van der Waals surface area contributed by atoms with Gasteiger partial charge in [0.1, 0.15) is 0 Å². The second-order valence-corrected chi connectivity index (χ2v) is 4.17. The van der Waals surface area contributed by atoms with Gasteiger partial charge in [0.25, 0.3) is 0 Å². The van der Waals surface area contributed by atoms with Crippen LogP contribution < -0.4 is 5.32 Å². The lowest BCUT2D eigenvalue weighted by Gasteiger charge is -2.22. The third-order valence-electron chi connectivity index (χ3n) is 3.03. The quantitative estimate of drug-likeness (QED) is 0.661. The fourth-order valence-corrected chi connectivity index (χ4v) is 2.05. The van der Waals surface area contributed by atoms with Crippen molar-refractivity contribution in [3.63, 3.8) is 0 Å². The average Bonchev–Trinajstić information content (AvgIpc) is 2.77. The Morgan fingerprint density at radius 2 is 2.31 bits per heavy atom. The fourth-order valence-electron chi connectivity index (χ4n) is 2.05. The molecule has 0 radical (unpaired) electrons. The number of hydrogen-bond acceptors (Lipinski definition) is 3. The van der Waals surface area contributed by atoms with Crippen LogP contribution in [0.4, 0.5) is 0 Å². The van der Waals surface area contributed by atoms with Gasteiger partial charge >= 0.3 is 0 Å². The van der Waals surface area contributed by atoms with Crippen LogP contribution in [0.5, 0.6) is 0 Å². The van der Waals surface area contributed by atoms with Crippen LogP contribution in [0.1, 0.15) is 33.1 Å². The molecule has 1 aliphatic rings. The Balaban J connectivity index is 2.24. The first-order valence-corrected chi connectivity index (χ1v) is 6.36. The monoisotopic (exact) mass is 228 g/mol. The molecule has 4 nitrogen and oxygen atoms in total. The van der Waals surface area contributed by atoms with Crippen molar-refractivity contribution < 1.29 is 9.53 Å². The topological polar surface area (TPSA) is 41.6 Å². The molecular weight excluding hydrogens is 204 g/mol. The van der Waals surface area contributed by atoms with Crippen molar-refractivity contribution in [1.29, 1.82) is 0 Å². The molecular formula is C12H24N2O2. The van der Waals surface area contributed by atoms with E-state index in [9.17, 15) is 4.79 Å². The maximum absolute atomic E-state index is 12.0. The molecule has 94 valence electrons. The predicted molar refractivity (Wildman–Crippen MR) is 64.4 cm³/mol. The van der Waals surface area contributed by atoms with Crippen molar-refractivity contribution >= 4 is 5.91 Å². The van der Waals surface area contributed by atoms with Crippen molar-refractivity contribution in [3.05, 3.63) is 0 Å². The van der Waals surface area contributed by atoms with Crippen LogP contribution in [0.2, 0.25) is 0 Å². The number of amides is 1. The molecule has 1 unspecified atom stereocenters. The highest BCUT2D eigenvalue weighted by atomic mass is 16.5. The lowest BCUT2D eigenvalue weighted by atomic mass is 10.1. The van der Waals surface area contributed by atoms with Gasteiger partial charge in [0.05, 0.1) is 6.61 Å². The summed E-state index contributed by atoms with van der Waals surface area (Å²) in [6.07, 6.45) is 2.97. The molecule has 1 fully saturated rings. The van der Waals surface area contributed by atoms with Gasteiger partial charge in [0, 0.05) is 32.2 Å². The highest BCUT2D eigenvalue weighted by molar-refractivity contribution is 5.76. The molecule has 1 aliphatic heterocycles. The van der Waals surface area contributed by atoms with E-state index in [0.717, 1.165) is 32.7 Å². The van der Waals surface area contributed by atoms with Gasteiger partial charge in [0.2, 0.25) is 5.91 Å².